The molecule has 0 aliphatic carbocycles. The lowest BCUT2D eigenvalue weighted by Crippen LogP contribution is -2.60. The molecule has 1 N–H and O–H groups in total. The fraction of sp³-hybridized carbons (Fsp3) is 1.00. The molecule has 0 aromatic carbocycles. The topological polar surface area (TPSA) is 24.5 Å². The summed E-state index contributed by atoms with van der Waals surface area (Å²) in [6.45, 7) is 14.1. The van der Waals surface area contributed by atoms with Crippen LogP contribution in [-0.2, 0) is 4.74 Å². The lowest BCUT2D eigenvalue weighted by molar-refractivity contribution is -0.0296. The van der Waals surface area contributed by atoms with Gasteiger partial charge in [0.25, 0.3) is 0 Å². The minimum absolute atomic E-state index is 0.264. The molecule has 1 saturated heterocycles. The van der Waals surface area contributed by atoms with Gasteiger partial charge in [-0.05, 0) is 26.8 Å². The van der Waals surface area contributed by atoms with E-state index in [-0.39, 0.29) is 5.54 Å². The highest BCUT2D eigenvalue weighted by atomic mass is 16.5. The van der Waals surface area contributed by atoms with E-state index in [1.54, 1.807) is 0 Å². The van der Waals surface area contributed by atoms with Crippen LogP contribution in [0.5, 0.6) is 0 Å². The number of nitrogens with zero attached hydrogens (tertiary/aromatic N) is 1. The number of nitrogens with one attached hydrogen (secondary N) is 1. The summed E-state index contributed by atoms with van der Waals surface area (Å²) in [4.78, 5) is 2.57. The van der Waals surface area contributed by atoms with Gasteiger partial charge in [0.05, 0.1) is 13.2 Å². The van der Waals surface area contributed by atoms with Gasteiger partial charge in [0, 0.05) is 24.7 Å². The van der Waals surface area contributed by atoms with E-state index < -0.39 is 0 Å². The number of likely N-dealkylation sites (N-methyl/N-ethyl adjacent to an activating group) is 1. The fourth-order valence-electron chi connectivity index (χ4n) is 2.40. The summed E-state index contributed by atoms with van der Waals surface area (Å²) in [6.07, 6.45) is 1.18. The minimum atomic E-state index is 0.264. The van der Waals surface area contributed by atoms with Gasteiger partial charge in [-0.15, -0.1) is 0 Å². The third kappa shape index (κ3) is 2.92. The molecule has 2 unspecified atom stereocenters. The van der Waals surface area contributed by atoms with Gasteiger partial charge in [-0.3, -0.25) is 4.90 Å². The van der Waals surface area contributed by atoms with Crippen LogP contribution in [0.15, 0.2) is 0 Å². The maximum absolute atomic E-state index is 5.42. The predicted octanol–water partition coefficient (Wildman–Crippen LogP) is 1.49. The van der Waals surface area contributed by atoms with Gasteiger partial charge < -0.3 is 10.1 Å². The summed E-state index contributed by atoms with van der Waals surface area (Å²) in [6, 6.07) is 0.533. The molecule has 0 radical (unpaired) electrons. The third-order valence-electron chi connectivity index (χ3n) is 3.89. The Morgan fingerprint density at radius 2 is 1.93 bits per heavy atom. The molecule has 1 rings (SSSR count). The van der Waals surface area contributed by atoms with Crippen LogP contribution in [0.1, 0.15) is 34.1 Å². The minimum Gasteiger partial charge on any atom is -0.379 e. The van der Waals surface area contributed by atoms with Crippen molar-refractivity contribution in [2.75, 3.05) is 32.8 Å². The van der Waals surface area contributed by atoms with Crippen molar-refractivity contribution in [3.63, 3.8) is 0 Å². The van der Waals surface area contributed by atoms with Crippen LogP contribution in [0.25, 0.3) is 0 Å². The van der Waals surface area contributed by atoms with Crippen LogP contribution < -0.4 is 5.32 Å². The zero-order chi connectivity index (χ0) is 11.3. The highest BCUT2D eigenvalue weighted by Gasteiger charge is 2.35. The van der Waals surface area contributed by atoms with Crippen molar-refractivity contribution in [2.24, 2.45) is 0 Å². The number of hydrogen-bond donors (Lipinski definition) is 1. The van der Waals surface area contributed by atoms with Crippen molar-refractivity contribution in [1.82, 2.24) is 10.2 Å². The van der Waals surface area contributed by atoms with Gasteiger partial charge in [0.1, 0.15) is 0 Å². The Hall–Kier alpha value is -0.120. The molecular weight excluding hydrogens is 188 g/mol. The van der Waals surface area contributed by atoms with E-state index in [2.05, 4.69) is 37.9 Å². The lowest BCUT2D eigenvalue weighted by Gasteiger charge is -2.47. The molecule has 1 aliphatic heterocycles. The van der Waals surface area contributed by atoms with Crippen molar-refractivity contribution in [2.45, 2.75) is 45.7 Å². The van der Waals surface area contributed by atoms with E-state index in [9.17, 15) is 0 Å². The molecule has 0 aromatic heterocycles. The van der Waals surface area contributed by atoms with Crippen LogP contribution >= 0.6 is 0 Å². The van der Waals surface area contributed by atoms with Crippen molar-refractivity contribution in [1.29, 1.82) is 0 Å². The molecule has 3 heteroatoms. The first-order valence-corrected chi connectivity index (χ1v) is 6.21. The molecule has 0 spiro atoms. The summed E-state index contributed by atoms with van der Waals surface area (Å²) in [5.41, 5.74) is 0.264. The van der Waals surface area contributed by atoms with Crippen LogP contribution in [0.2, 0.25) is 0 Å². The number of hydrogen-bond acceptors (Lipinski definition) is 3. The van der Waals surface area contributed by atoms with Gasteiger partial charge in [0.2, 0.25) is 0 Å². The fourth-order valence-corrected chi connectivity index (χ4v) is 2.40. The van der Waals surface area contributed by atoms with Crippen LogP contribution in [0, 0.1) is 0 Å². The van der Waals surface area contributed by atoms with Crippen LogP contribution in [0.4, 0.5) is 0 Å². The quantitative estimate of drug-likeness (QED) is 0.750. The monoisotopic (exact) mass is 214 g/mol. The first kappa shape index (κ1) is 12.9. The Morgan fingerprint density at radius 3 is 2.40 bits per heavy atom. The Balaban J connectivity index is 2.63. The Kier molecular flexibility index (Phi) is 5.03. The molecule has 2 atom stereocenters. The van der Waals surface area contributed by atoms with Crippen molar-refractivity contribution in [3.8, 4) is 0 Å². The largest absolute Gasteiger partial charge is 0.379 e. The maximum Gasteiger partial charge on any atom is 0.0594 e. The smallest absolute Gasteiger partial charge is 0.0594 e. The van der Waals surface area contributed by atoms with Crippen molar-refractivity contribution < 1.29 is 4.74 Å². The number of morpholine rings is 1. The molecule has 3 nitrogen and oxygen atoms in total. The van der Waals surface area contributed by atoms with Gasteiger partial charge >= 0.3 is 0 Å². The molecular formula is C12H26N2O. The maximum atomic E-state index is 5.42. The zero-order valence-corrected chi connectivity index (χ0v) is 10.7. The van der Waals surface area contributed by atoms with E-state index in [1.165, 1.54) is 6.42 Å². The van der Waals surface area contributed by atoms with Crippen molar-refractivity contribution in [3.05, 3.63) is 0 Å². The Labute approximate surface area is 94.2 Å². The van der Waals surface area contributed by atoms with Crippen LogP contribution in [0.3, 0.4) is 0 Å². The Morgan fingerprint density at radius 1 is 1.33 bits per heavy atom. The molecule has 1 aliphatic rings. The summed E-state index contributed by atoms with van der Waals surface area (Å²) in [5, 5.41) is 3.55. The standard InChI is InChI=1S/C12H26N2O/c1-5-12(4,11(3)13-6-2)14-7-9-15-10-8-14/h11,13H,5-10H2,1-4H3. The molecule has 0 saturated carbocycles. The summed E-state index contributed by atoms with van der Waals surface area (Å²) in [7, 11) is 0. The van der Waals surface area contributed by atoms with Gasteiger partial charge in [-0.2, -0.15) is 0 Å². The predicted molar refractivity (Wildman–Crippen MR) is 64.2 cm³/mol. The molecule has 0 amide bonds. The first-order valence-electron chi connectivity index (χ1n) is 6.21. The normalized spacial score (nSPS) is 24.8. The second-order valence-corrected chi connectivity index (χ2v) is 4.59. The van der Waals surface area contributed by atoms with Crippen LogP contribution in [-0.4, -0.2) is 49.3 Å². The lowest BCUT2D eigenvalue weighted by atomic mass is 9.88. The second kappa shape index (κ2) is 5.83. The third-order valence-corrected chi connectivity index (χ3v) is 3.89. The molecule has 90 valence electrons. The summed E-state index contributed by atoms with van der Waals surface area (Å²) >= 11 is 0. The molecule has 15 heavy (non-hydrogen) atoms. The Bertz CT molecular complexity index is 180. The summed E-state index contributed by atoms with van der Waals surface area (Å²) in [5.74, 6) is 0. The van der Waals surface area contributed by atoms with E-state index >= 15 is 0 Å². The highest BCUT2D eigenvalue weighted by Crippen LogP contribution is 2.24. The average Bonchev–Trinajstić information content (AvgIpc) is 2.29. The number of rotatable bonds is 5. The van der Waals surface area contributed by atoms with E-state index in [4.69, 9.17) is 4.74 Å². The van der Waals surface area contributed by atoms with E-state index in [0.717, 1.165) is 32.8 Å². The number of ether oxygens (including phenoxy) is 1. The average molecular weight is 214 g/mol. The highest BCUT2D eigenvalue weighted by molar-refractivity contribution is 4.94. The molecule has 1 fully saturated rings. The van der Waals surface area contributed by atoms with Gasteiger partial charge in [0.15, 0.2) is 0 Å². The molecule has 0 bridgehead atoms. The van der Waals surface area contributed by atoms with Gasteiger partial charge in [-0.1, -0.05) is 13.8 Å². The molecule has 0 aromatic rings. The van der Waals surface area contributed by atoms with Crippen molar-refractivity contribution >= 4 is 0 Å². The van der Waals surface area contributed by atoms with E-state index in [0.29, 0.717) is 6.04 Å². The SMILES string of the molecule is CCNC(C)C(C)(CC)N1CCOCC1. The van der Waals surface area contributed by atoms with Gasteiger partial charge in [-0.25, -0.2) is 0 Å². The zero-order valence-electron chi connectivity index (χ0n) is 10.7. The van der Waals surface area contributed by atoms with E-state index in [1.807, 2.05) is 0 Å². The summed E-state index contributed by atoms with van der Waals surface area (Å²) < 4.78 is 5.42. The first-order chi connectivity index (χ1) is 7.15. The second-order valence-electron chi connectivity index (χ2n) is 4.59. The molecule has 1 heterocycles.